The number of aryl methyl sites for hydroxylation is 3. The molecule has 0 aliphatic carbocycles. The van der Waals surface area contributed by atoms with E-state index in [1.54, 1.807) is 0 Å². The van der Waals surface area contributed by atoms with Gasteiger partial charge in [0.1, 0.15) is 0 Å². The summed E-state index contributed by atoms with van der Waals surface area (Å²) < 4.78 is 14.1. The molecule has 1 aromatic carbocycles. The molecule has 0 amide bonds. The fraction of sp³-hybridized carbons (Fsp3) is 0.500. The Balaban J connectivity index is 1.94. The molecule has 1 aliphatic heterocycles. The molecule has 4 nitrogen and oxygen atoms in total. The lowest BCUT2D eigenvalue weighted by molar-refractivity contribution is 0.00578. The summed E-state index contributed by atoms with van der Waals surface area (Å²) >= 11 is 0. The quantitative estimate of drug-likeness (QED) is 0.800. The Hall–Kier alpha value is -1.59. The van der Waals surface area contributed by atoms with Crippen LogP contribution in [0.3, 0.4) is 0 Å². The smallest absolute Gasteiger partial charge is 0.399 e. The Morgan fingerprint density at radius 2 is 1.48 bits per heavy atom. The van der Waals surface area contributed by atoms with E-state index in [0.29, 0.717) is 0 Å². The zero-order valence-electron chi connectivity index (χ0n) is 15.1. The third-order valence-corrected chi connectivity index (χ3v) is 4.99. The third kappa shape index (κ3) is 2.72. The average molecular weight is 312 g/mol. The highest BCUT2D eigenvalue weighted by Gasteiger charge is 2.52. The molecule has 122 valence electrons. The second-order valence-corrected chi connectivity index (χ2v) is 7.55. The van der Waals surface area contributed by atoms with E-state index in [4.69, 9.17) is 9.31 Å². The van der Waals surface area contributed by atoms with Crippen LogP contribution in [-0.4, -0.2) is 28.1 Å². The van der Waals surface area contributed by atoms with Gasteiger partial charge in [-0.3, -0.25) is 0 Å². The second kappa shape index (κ2) is 5.21. The van der Waals surface area contributed by atoms with E-state index in [9.17, 15) is 0 Å². The second-order valence-electron chi connectivity index (χ2n) is 7.55. The summed E-state index contributed by atoms with van der Waals surface area (Å²) in [7, 11) is -0.375. The number of aromatic nitrogens is 2. The van der Waals surface area contributed by atoms with Gasteiger partial charge in [0.25, 0.3) is 0 Å². The van der Waals surface area contributed by atoms with Crippen LogP contribution in [0.4, 0.5) is 0 Å². The van der Waals surface area contributed by atoms with E-state index < -0.39 is 0 Å². The van der Waals surface area contributed by atoms with Gasteiger partial charge in [-0.1, -0.05) is 17.7 Å². The first-order valence-corrected chi connectivity index (χ1v) is 8.09. The van der Waals surface area contributed by atoms with E-state index in [0.717, 1.165) is 11.2 Å². The molecule has 1 fully saturated rings. The van der Waals surface area contributed by atoms with Crippen LogP contribution in [0.15, 0.2) is 24.5 Å². The van der Waals surface area contributed by atoms with Crippen molar-refractivity contribution in [1.82, 2.24) is 9.78 Å². The molecule has 0 bridgehead atoms. The molecule has 2 aromatic rings. The number of nitrogens with zero attached hydrogens (tertiary/aromatic N) is 2. The molecule has 0 unspecified atom stereocenters. The van der Waals surface area contributed by atoms with Gasteiger partial charge in [0.15, 0.2) is 0 Å². The summed E-state index contributed by atoms with van der Waals surface area (Å²) in [5.41, 5.74) is 5.09. The van der Waals surface area contributed by atoms with Gasteiger partial charge in [0.2, 0.25) is 0 Å². The zero-order chi connectivity index (χ0) is 17.0. The van der Waals surface area contributed by atoms with Crippen molar-refractivity contribution in [2.75, 3.05) is 0 Å². The lowest BCUT2D eigenvalue weighted by Crippen LogP contribution is -2.41. The lowest BCUT2D eigenvalue weighted by atomic mass is 9.82. The average Bonchev–Trinajstić information content (AvgIpc) is 2.92. The van der Waals surface area contributed by atoms with Crippen LogP contribution in [0.1, 0.15) is 44.4 Å². The summed E-state index contributed by atoms with van der Waals surface area (Å²) in [5, 5.41) is 4.53. The standard InChI is InChI=1S/C18H25BN2O2/c1-12-8-13(2)16(14(3)9-12)21-11-15(10-20-21)19-22-17(4,5)18(6,7)23-19/h8-11H,1-7H3. The van der Waals surface area contributed by atoms with Crippen LogP contribution >= 0.6 is 0 Å². The topological polar surface area (TPSA) is 36.3 Å². The lowest BCUT2D eigenvalue weighted by Gasteiger charge is -2.32. The van der Waals surface area contributed by atoms with Gasteiger partial charge in [-0.2, -0.15) is 5.10 Å². The van der Waals surface area contributed by atoms with Crippen LogP contribution < -0.4 is 5.46 Å². The minimum Gasteiger partial charge on any atom is -0.399 e. The molecule has 1 aliphatic rings. The fourth-order valence-electron chi connectivity index (χ4n) is 3.09. The number of rotatable bonds is 2. The highest BCUT2D eigenvalue weighted by Crippen LogP contribution is 2.36. The summed E-state index contributed by atoms with van der Waals surface area (Å²) in [6, 6.07) is 4.36. The summed E-state index contributed by atoms with van der Waals surface area (Å²) in [6.07, 6.45) is 3.84. The van der Waals surface area contributed by atoms with Crippen molar-refractivity contribution >= 4 is 12.6 Å². The van der Waals surface area contributed by atoms with Crippen LogP contribution in [-0.2, 0) is 9.31 Å². The van der Waals surface area contributed by atoms with Crippen molar-refractivity contribution in [1.29, 1.82) is 0 Å². The molecule has 5 heteroatoms. The number of hydrogen-bond acceptors (Lipinski definition) is 3. The van der Waals surface area contributed by atoms with Gasteiger partial charge in [0, 0.05) is 17.9 Å². The van der Waals surface area contributed by atoms with E-state index in [1.807, 2.05) is 17.1 Å². The van der Waals surface area contributed by atoms with Crippen molar-refractivity contribution in [2.45, 2.75) is 59.7 Å². The van der Waals surface area contributed by atoms with Gasteiger partial charge in [0.05, 0.1) is 16.9 Å². The monoisotopic (exact) mass is 312 g/mol. The zero-order valence-corrected chi connectivity index (χ0v) is 15.1. The first-order valence-electron chi connectivity index (χ1n) is 8.09. The molecule has 1 saturated heterocycles. The minimum atomic E-state index is -0.375. The van der Waals surface area contributed by atoms with Gasteiger partial charge in [-0.25, -0.2) is 4.68 Å². The molecule has 0 N–H and O–H groups in total. The largest absolute Gasteiger partial charge is 0.498 e. The highest BCUT2D eigenvalue weighted by atomic mass is 16.7. The first kappa shape index (κ1) is 16.3. The number of hydrogen-bond donors (Lipinski definition) is 0. The molecule has 1 aromatic heterocycles. The van der Waals surface area contributed by atoms with E-state index in [1.165, 1.54) is 16.7 Å². The van der Waals surface area contributed by atoms with Gasteiger partial charge in [-0.05, 0) is 59.6 Å². The van der Waals surface area contributed by atoms with Gasteiger partial charge in [-0.15, -0.1) is 0 Å². The Morgan fingerprint density at radius 3 is 2.00 bits per heavy atom. The third-order valence-electron chi connectivity index (χ3n) is 4.99. The van der Waals surface area contributed by atoms with E-state index in [-0.39, 0.29) is 18.3 Å². The summed E-state index contributed by atoms with van der Waals surface area (Å²) in [6.45, 7) is 14.6. The molecular weight excluding hydrogens is 287 g/mol. The molecule has 0 saturated carbocycles. The maximum atomic E-state index is 6.10. The summed E-state index contributed by atoms with van der Waals surface area (Å²) in [5.74, 6) is 0. The SMILES string of the molecule is Cc1cc(C)c(-n2cc(B3OC(C)(C)C(C)(C)O3)cn2)c(C)c1. The Morgan fingerprint density at radius 1 is 0.957 bits per heavy atom. The molecule has 0 spiro atoms. The van der Waals surface area contributed by atoms with Crippen LogP contribution in [0.25, 0.3) is 5.69 Å². The predicted octanol–water partition coefficient (Wildman–Crippen LogP) is 3.10. The molecule has 0 atom stereocenters. The molecule has 2 heterocycles. The van der Waals surface area contributed by atoms with Crippen LogP contribution in [0, 0.1) is 20.8 Å². The predicted molar refractivity (Wildman–Crippen MR) is 93.5 cm³/mol. The maximum absolute atomic E-state index is 6.10. The first-order chi connectivity index (χ1) is 10.6. The molecule has 3 rings (SSSR count). The van der Waals surface area contributed by atoms with Gasteiger partial charge < -0.3 is 9.31 Å². The van der Waals surface area contributed by atoms with Gasteiger partial charge >= 0.3 is 7.12 Å². The molecule has 23 heavy (non-hydrogen) atoms. The molecular formula is C18H25BN2O2. The van der Waals surface area contributed by atoms with Crippen molar-refractivity contribution in [3.8, 4) is 5.69 Å². The highest BCUT2D eigenvalue weighted by molar-refractivity contribution is 6.62. The van der Waals surface area contributed by atoms with E-state index >= 15 is 0 Å². The van der Waals surface area contributed by atoms with Crippen LogP contribution in [0.5, 0.6) is 0 Å². The fourth-order valence-corrected chi connectivity index (χ4v) is 3.09. The Kier molecular flexibility index (Phi) is 3.69. The normalized spacial score (nSPS) is 19.3. The van der Waals surface area contributed by atoms with Crippen molar-refractivity contribution in [2.24, 2.45) is 0 Å². The maximum Gasteiger partial charge on any atom is 0.498 e. The van der Waals surface area contributed by atoms with Crippen molar-refractivity contribution in [3.05, 3.63) is 41.2 Å². The minimum absolute atomic E-state index is 0.338. The van der Waals surface area contributed by atoms with E-state index in [2.05, 4.69) is 65.7 Å². The van der Waals surface area contributed by atoms with Crippen molar-refractivity contribution in [3.63, 3.8) is 0 Å². The Labute approximate surface area is 138 Å². The van der Waals surface area contributed by atoms with Crippen LogP contribution in [0.2, 0.25) is 0 Å². The summed E-state index contributed by atoms with van der Waals surface area (Å²) in [4.78, 5) is 0. The Bertz CT molecular complexity index is 710. The van der Waals surface area contributed by atoms with Crippen molar-refractivity contribution < 1.29 is 9.31 Å². The molecule has 0 radical (unpaired) electrons. The number of benzene rings is 1.